The van der Waals surface area contributed by atoms with Crippen LogP contribution in [0.2, 0.25) is 0 Å². The van der Waals surface area contributed by atoms with E-state index in [4.69, 9.17) is 4.74 Å². The van der Waals surface area contributed by atoms with Crippen LogP contribution < -0.4 is 0 Å². The van der Waals surface area contributed by atoms with Gasteiger partial charge in [0.05, 0.1) is 22.9 Å². The Morgan fingerprint density at radius 1 is 1.24 bits per heavy atom. The van der Waals surface area contributed by atoms with Gasteiger partial charge in [-0.1, -0.05) is 6.07 Å². The monoisotopic (exact) mass is 287 g/mol. The molecule has 1 aromatic heterocycles. The minimum absolute atomic E-state index is 0.0379. The van der Waals surface area contributed by atoms with Crippen molar-refractivity contribution in [1.29, 1.82) is 0 Å². The van der Waals surface area contributed by atoms with Crippen LogP contribution in [0, 0.1) is 0 Å². The van der Waals surface area contributed by atoms with Gasteiger partial charge in [-0.25, -0.2) is 0 Å². The highest BCUT2D eigenvalue weighted by molar-refractivity contribution is 5.97. The Bertz CT molecular complexity index is 672. The molecule has 1 aliphatic rings. The van der Waals surface area contributed by atoms with Crippen LogP contribution >= 0.6 is 0 Å². The van der Waals surface area contributed by atoms with Crippen LogP contribution in [0.15, 0.2) is 24.4 Å². The van der Waals surface area contributed by atoms with E-state index in [0.29, 0.717) is 18.7 Å². The summed E-state index contributed by atoms with van der Waals surface area (Å²) in [5.74, 6) is 0.0379. The highest BCUT2D eigenvalue weighted by atomic mass is 16.5. The number of nitrogens with zero attached hydrogens (tertiary/aromatic N) is 2. The van der Waals surface area contributed by atoms with Crippen molar-refractivity contribution in [3.05, 3.63) is 30.0 Å². The molecule has 5 nitrogen and oxygen atoms in total. The van der Waals surface area contributed by atoms with E-state index in [1.165, 1.54) is 0 Å². The minimum Gasteiger partial charge on any atom is -0.366 e. The van der Waals surface area contributed by atoms with Gasteiger partial charge < -0.3 is 9.64 Å². The molecule has 1 amide bonds. The number of H-pyrrole nitrogens is 1. The Labute approximate surface area is 124 Å². The van der Waals surface area contributed by atoms with Gasteiger partial charge in [0.2, 0.25) is 0 Å². The molecule has 0 atom stereocenters. The molecule has 1 saturated heterocycles. The minimum atomic E-state index is -0.338. The third kappa shape index (κ3) is 2.78. The quantitative estimate of drug-likeness (QED) is 0.877. The lowest BCUT2D eigenvalue weighted by molar-refractivity contribution is -0.171. The average molecular weight is 287 g/mol. The summed E-state index contributed by atoms with van der Waals surface area (Å²) >= 11 is 0. The zero-order valence-electron chi connectivity index (χ0n) is 12.9. The molecule has 21 heavy (non-hydrogen) atoms. The molecule has 0 radical (unpaired) electrons. The fourth-order valence-electron chi connectivity index (χ4n) is 3.18. The molecule has 0 aliphatic carbocycles. The van der Waals surface area contributed by atoms with Gasteiger partial charge in [-0.05, 0) is 39.8 Å². The summed E-state index contributed by atoms with van der Waals surface area (Å²) in [5.41, 5.74) is 0.887. The maximum absolute atomic E-state index is 12.8. The molecule has 0 spiro atoms. The van der Waals surface area contributed by atoms with Gasteiger partial charge >= 0.3 is 0 Å². The fraction of sp³-hybridized carbons (Fsp3) is 0.500. The number of aromatic nitrogens is 2. The van der Waals surface area contributed by atoms with Crippen LogP contribution in [0.3, 0.4) is 0 Å². The third-order valence-electron chi connectivity index (χ3n) is 3.67. The normalized spacial score (nSPS) is 20.7. The molecule has 1 fully saturated rings. The van der Waals surface area contributed by atoms with E-state index in [9.17, 15) is 4.79 Å². The zero-order valence-corrected chi connectivity index (χ0v) is 12.9. The van der Waals surface area contributed by atoms with Crippen molar-refractivity contribution < 1.29 is 9.53 Å². The van der Waals surface area contributed by atoms with Gasteiger partial charge in [-0.2, -0.15) is 5.10 Å². The van der Waals surface area contributed by atoms with Crippen molar-refractivity contribution in [1.82, 2.24) is 15.1 Å². The van der Waals surface area contributed by atoms with Crippen LogP contribution in [0.4, 0.5) is 0 Å². The number of benzene rings is 1. The van der Waals surface area contributed by atoms with E-state index in [-0.39, 0.29) is 17.1 Å². The molecule has 1 aromatic carbocycles. The number of ether oxygens (including phenoxy) is 1. The Hall–Kier alpha value is -1.88. The van der Waals surface area contributed by atoms with Gasteiger partial charge in [-0.15, -0.1) is 0 Å². The molecule has 3 rings (SSSR count). The van der Waals surface area contributed by atoms with Crippen molar-refractivity contribution in [2.75, 3.05) is 13.1 Å². The third-order valence-corrected chi connectivity index (χ3v) is 3.67. The first-order valence-electron chi connectivity index (χ1n) is 7.18. The Morgan fingerprint density at radius 3 is 2.57 bits per heavy atom. The lowest BCUT2D eigenvalue weighted by Crippen LogP contribution is -2.58. The van der Waals surface area contributed by atoms with E-state index in [2.05, 4.69) is 10.2 Å². The van der Waals surface area contributed by atoms with Crippen molar-refractivity contribution >= 4 is 16.8 Å². The number of carbonyl (C=O) groups excluding carboxylic acids is 1. The van der Waals surface area contributed by atoms with Crippen LogP contribution in [0.5, 0.6) is 0 Å². The molecule has 5 heteroatoms. The number of amides is 1. The molecule has 112 valence electrons. The maximum atomic E-state index is 12.8. The predicted octanol–water partition coefficient (Wildman–Crippen LogP) is 2.59. The molecular weight excluding hydrogens is 266 g/mol. The lowest BCUT2D eigenvalue weighted by atomic mass is 9.98. The standard InChI is InChI=1S/C16H21N3O2/c1-15(2)9-19(10-16(3,4)21-15)14(20)11-5-6-12-8-17-18-13(12)7-11/h5-8H,9-10H2,1-4H3,(H,17,18). The highest BCUT2D eigenvalue weighted by Gasteiger charge is 2.40. The number of fused-ring (bicyclic) bond motifs is 1. The first-order chi connectivity index (χ1) is 9.76. The second-order valence-corrected chi connectivity index (χ2v) is 6.95. The number of hydrogen-bond acceptors (Lipinski definition) is 3. The van der Waals surface area contributed by atoms with E-state index in [1.54, 1.807) is 6.20 Å². The number of rotatable bonds is 1. The largest absolute Gasteiger partial charge is 0.366 e. The first kappa shape index (κ1) is 14.1. The molecule has 2 aromatic rings. The van der Waals surface area contributed by atoms with Crippen LogP contribution in [0.1, 0.15) is 38.1 Å². The van der Waals surface area contributed by atoms with Gasteiger partial charge in [0.15, 0.2) is 0 Å². The van der Waals surface area contributed by atoms with Gasteiger partial charge in [0.1, 0.15) is 0 Å². The smallest absolute Gasteiger partial charge is 0.254 e. The van der Waals surface area contributed by atoms with E-state index < -0.39 is 0 Å². The van der Waals surface area contributed by atoms with Gasteiger partial charge in [0, 0.05) is 24.0 Å². The van der Waals surface area contributed by atoms with E-state index in [1.807, 2.05) is 50.8 Å². The fourth-order valence-corrected chi connectivity index (χ4v) is 3.18. The second kappa shape index (κ2) is 4.56. The van der Waals surface area contributed by atoms with Crippen molar-refractivity contribution in [2.45, 2.75) is 38.9 Å². The Morgan fingerprint density at radius 2 is 1.90 bits per heavy atom. The second-order valence-electron chi connectivity index (χ2n) is 6.95. The molecule has 0 bridgehead atoms. The number of morpholine rings is 1. The number of nitrogens with one attached hydrogen (secondary N) is 1. The highest BCUT2D eigenvalue weighted by Crippen LogP contribution is 2.29. The van der Waals surface area contributed by atoms with Crippen LogP contribution in [-0.2, 0) is 4.74 Å². The summed E-state index contributed by atoms with van der Waals surface area (Å²) < 4.78 is 6.03. The lowest BCUT2D eigenvalue weighted by Gasteiger charge is -2.47. The summed E-state index contributed by atoms with van der Waals surface area (Å²) in [7, 11) is 0. The topological polar surface area (TPSA) is 58.2 Å². The Balaban J connectivity index is 1.90. The summed E-state index contributed by atoms with van der Waals surface area (Å²) in [6.45, 7) is 9.27. The van der Waals surface area contributed by atoms with E-state index >= 15 is 0 Å². The number of aromatic amines is 1. The molecule has 0 unspecified atom stereocenters. The summed E-state index contributed by atoms with van der Waals surface area (Å²) in [6.07, 6.45) is 1.75. The Kier molecular flexibility index (Phi) is 3.06. The molecule has 2 heterocycles. The maximum Gasteiger partial charge on any atom is 0.254 e. The molecule has 1 N–H and O–H groups in total. The van der Waals surface area contributed by atoms with Crippen molar-refractivity contribution in [3.8, 4) is 0 Å². The van der Waals surface area contributed by atoms with Crippen LogP contribution in [0.25, 0.3) is 10.9 Å². The van der Waals surface area contributed by atoms with Crippen LogP contribution in [-0.4, -0.2) is 45.3 Å². The van der Waals surface area contributed by atoms with Crippen molar-refractivity contribution in [3.63, 3.8) is 0 Å². The first-order valence-corrected chi connectivity index (χ1v) is 7.18. The number of carbonyl (C=O) groups is 1. The SMILES string of the molecule is CC1(C)CN(C(=O)c2ccc3cn[nH]c3c2)CC(C)(C)O1. The van der Waals surface area contributed by atoms with Gasteiger partial charge in [-0.3, -0.25) is 9.89 Å². The zero-order chi connectivity index (χ0) is 15.3. The summed E-state index contributed by atoms with van der Waals surface area (Å²) in [4.78, 5) is 14.7. The summed E-state index contributed by atoms with van der Waals surface area (Å²) in [5, 5.41) is 7.90. The average Bonchev–Trinajstić information content (AvgIpc) is 2.81. The summed E-state index contributed by atoms with van der Waals surface area (Å²) in [6, 6.07) is 5.64. The number of hydrogen-bond donors (Lipinski definition) is 1. The van der Waals surface area contributed by atoms with Crippen molar-refractivity contribution in [2.24, 2.45) is 0 Å². The molecular formula is C16H21N3O2. The molecule has 0 saturated carbocycles. The van der Waals surface area contributed by atoms with E-state index in [0.717, 1.165) is 10.9 Å². The molecule has 1 aliphatic heterocycles. The predicted molar refractivity (Wildman–Crippen MR) is 81.2 cm³/mol. The van der Waals surface area contributed by atoms with Gasteiger partial charge in [0.25, 0.3) is 5.91 Å².